The first-order valence-electron chi connectivity index (χ1n) is 9.63. The highest BCUT2D eigenvalue weighted by molar-refractivity contribution is 6.01. The predicted molar refractivity (Wildman–Crippen MR) is 101 cm³/mol. The van der Waals surface area contributed by atoms with E-state index in [-0.39, 0.29) is 18.2 Å². The summed E-state index contributed by atoms with van der Waals surface area (Å²) in [6, 6.07) is 14.2. The van der Waals surface area contributed by atoms with Gasteiger partial charge < -0.3 is 19.1 Å². The molecule has 0 N–H and O–H groups in total. The highest BCUT2D eigenvalue weighted by Gasteiger charge is 2.43. The third-order valence-electron chi connectivity index (χ3n) is 5.91. The van der Waals surface area contributed by atoms with Gasteiger partial charge in [-0.2, -0.15) is 0 Å². The number of piperidine rings is 1. The standard InChI is InChI=1S/C22H23NO4/c24-18-14-22(27-19-13-21-20(12-17(18)19)25-15-26-21)7-10-23(11-8-22)9-6-16-4-2-1-3-5-16/h1-5,12-13H,6-11,14-15H2. The van der Waals surface area contributed by atoms with E-state index in [9.17, 15) is 4.79 Å². The van der Waals surface area contributed by atoms with E-state index in [4.69, 9.17) is 14.2 Å². The SMILES string of the molecule is O=C1CC2(CCN(CCc3ccccc3)CC2)Oc2cc3c(cc21)OCO3. The molecular formula is C22H23NO4. The molecule has 0 unspecified atom stereocenters. The summed E-state index contributed by atoms with van der Waals surface area (Å²) in [6.45, 7) is 3.16. The van der Waals surface area contributed by atoms with Crippen LogP contribution in [0.5, 0.6) is 17.2 Å². The molecule has 0 aliphatic carbocycles. The van der Waals surface area contributed by atoms with Crippen molar-refractivity contribution in [3.63, 3.8) is 0 Å². The van der Waals surface area contributed by atoms with Crippen LogP contribution in [0.2, 0.25) is 0 Å². The lowest BCUT2D eigenvalue weighted by Gasteiger charge is -2.44. The molecule has 2 aromatic rings. The van der Waals surface area contributed by atoms with Gasteiger partial charge in [0.05, 0.1) is 12.0 Å². The number of rotatable bonds is 3. The first-order chi connectivity index (χ1) is 13.2. The summed E-state index contributed by atoms with van der Waals surface area (Å²) in [5.41, 5.74) is 1.62. The van der Waals surface area contributed by atoms with Gasteiger partial charge in [0.2, 0.25) is 6.79 Å². The van der Waals surface area contributed by atoms with Gasteiger partial charge in [-0.1, -0.05) is 30.3 Å². The van der Waals surface area contributed by atoms with Crippen molar-refractivity contribution in [1.29, 1.82) is 0 Å². The van der Waals surface area contributed by atoms with Crippen LogP contribution < -0.4 is 14.2 Å². The molecule has 5 rings (SSSR count). The van der Waals surface area contributed by atoms with Gasteiger partial charge in [0.15, 0.2) is 17.3 Å². The molecule has 3 aliphatic rings. The zero-order chi connectivity index (χ0) is 18.3. The van der Waals surface area contributed by atoms with Gasteiger partial charge in [0, 0.05) is 38.5 Å². The maximum absolute atomic E-state index is 12.8. The van der Waals surface area contributed by atoms with Crippen molar-refractivity contribution in [2.45, 2.75) is 31.3 Å². The van der Waals surface area contributed by atoms with Crippen molar-refractivity contribution in [2.24, 2.45) is 0 Å². The van der Waals surface area contributed by atoms with Gasteiger partial charge >= 0.3 is 0 Å². The Morgan fingerprint density at radius 2 is 1.70 bits per heavy atom. The number of fused-ring (bicyclic) bond motifs is 2. The summed E-state index contributed by atoms with van der Waals surface area (Å²) < 4.78 is 17.2. The number of benzene rings is 2. The van der Waals surface area contributed by atoms with Crippen LogP contribution in [0.15, 0.2) is 42.5 Å². The number of ketones is 1. The van der Waals surface area contributed by atoms with Gasteiger partial charge in [-0.05, 0) is 18.1 Å². The van der Waals surface area contributed by atoms with E-state index in [0.717, 1.165) is 38.9 Å². The lowest BCUT2D eigenvalue weighted by molar-refractivity contribution is -0.00875. The van der Waals surface area contributed by atoms with Gasteiger partial charge in [-0.25, -0.2) is 0 Å². The smallest absolute Gasteiger partial charge is 0.231 e. The van der Waals surface area contributed by atoms with Crippen molar-refractivity contribution < 1.29 is 19.0 Å². The maximum atomic E-state index is 12.8. The molecule has 1 spiro atoms. The number of carbonyl (C=O) groups is 1. The Balaban J connectivity index is 1.25. The van der Waals surface area contributed by atoms with E-state index in [0.29, 0.717) is 29.2 Å². The third kappa shape index (κ3) is 3.16. The average Bonchev–Trinajstić information content (AvgIpc) is 3.14. The van der Waals surface area contributed by atoms with E-state index in [1.807, 2.05) is 6.07 Å². The Kier molecular flexibility index (Phi) is 4.05. The number of Topliss-reactive ketones (excluding diaryl/α,β-unsaturated/α-hetero) is 1. The van der Waals surface area contributed by atoms with E-state index in [1.165, 1.54) is 5.56 Å². The van der Waals surface area contributed by atoms with Crippen LogP contribution in [0.1, 0.15) is 35.2 Å². The molecule has 5 nitrogen and oxygen atoms in total. The molecule has 27 heavy (non-hydrogen) atoms. The van der Waals surface area contributed by atoms with Crippen molar-refractivity contribution in [2.75, 3.05) is 26.4 Å². The van der Waals surface area contributed by atoms with E-state index >= 15 is 0 Å². The molecule has 3 heterocycles. The zero-order valence-corrected chi connectivity index (χ0v) is 15.3. The highest BCUT2D eigenvalue weighted by Crippen LogP contribution is 2.45. The Morgan fingerprint density at radius 1 is 0.963 bits per heavy atom. The number of nitrogens with zero attached hydrogens (tertiary/aromatic N) is 1. The van der Waals surface area contributed by atoms with Crippen molar-refractivity contribution in [3.05, 3.63) is 53.6 Å². The van der Waals surface area contributed by atoms with Gasteiger partial charge in [-0.3, -0.25) is 4.79 Å². The summed E-state index contributed by atoms with van der Waals surface area (Å²) in [6.07, 6.45) is 3.26. The molecule has 0 aromatic heterocycles. The Bertz CT molecular complexity index is 856. The Labute approximate surface area is 158 Å². The van der Waals surface area contributed by atoms with Crippen LogP contribution in [-0.2, 0) is 6.42 Å². The van der Waals surface area contributed by atoms with E-state index in [1.54, 1.807) is 6.07 Å². The fraction of sp³-hybridized carbons (Fsp3) is 0.409. The van der Waals surface area contributed by atoms with Crippen LogP contribution in [0, 0.1) is 0 Å². The normalized spacial score (nSPS) is 20.4. The number of hydrogen-bond donors (Lipinski definition) is 0. The monoisotopic (exact) mass is 365 g/mol. The average molecular weight is 365 g/mol. The fourth-order valence-electron chi connectivity index (χ4n) is 4.28. The second-order valence-corrected chi connectivity index (χ2v) is 7.66. The summed E-state index contributed by atoms with van der Waals surface area (Å²) in [5, 5.41) is 0. The zero-order valence-electron chi connectivity index (χ0n) is 15.3. The van der Waals surface area contributed by atoms with Crippen molar-refractivity contribution in [3.8, 4) is 17.2 Å². The van der Waals surface area contributed by atoms with Crippen molar-refractivity contribution in [1.82, 2.24) is 4.90 Å². The van der Waals surface area contributed by atoms with Crippen LogP contribution >= 0.6 is 0 Å². The molecule has 140 valence electrons. The maximum Gasteiger partial charge on any atom is 0.231 e. The van der Waals surface area contributed by atoms with Crippen LogP contribution in [0.3, 0.4) is 0 Å². The molecule has 0 saturated carbocycles. The summed E-state index contributed by atoms with van der Waals surface area (Å²) in [5.74, 6) is 2.09. The first-order valence-corrected chi connectivity index (χ1v) is 9.63. The number of hydrogen-bond acceptors (Lipinski definition) is 5. The molecule has 1 saturated heterocycles. The number of ether oxygens (including phenoxy) is 3. The largest absolute Gasteiger partial charge is 0.486 e. The number of carbonyl (C=O) groups excluding carboxylic acids is 1. The third-order valence-corrected chi connectivity index (χ3v) is 5.91. The molecule has 0 bridgehead atoms. The van der Waals surface area contributed by atoms with Crippen molar-refractivity contribution >= 4 is 5.78 Å². The minimum Gasteiger partial charge on any atom is -0.486 e. The van der Waals surface area contributed by atoms with E-state index < -0.39 is 0 Å². The molecular weight excluding hydrogens is 342 g/mol. The second kappa shape index (κ2) is 6.57. The molecule has 0 radical (unpaired) electrons. The fourth-order valence-corrected chi connectivity index (χ4v) is 4.28. The van der Waals surface area contributed by atoms with Crippen LogP contribution in [0.4, 0.5) is 0 Å². The first kappa shape index (κ1) is 16.6. The summed E-state index contributed by atoms with van der Waals surface area (Å²) in [7, 11) is 0. The Morgan fingerprint density at radius 3 is 2.48 bits per heavy atom. The van der Waals surface area contributed by atoms with E-state index in [2.05, 4.69) is 35.2 Å². The van der Waals surface area contributed by atoms with Crippen LogP contribution in [-0.4, -0.2) is 42.7 Å². The molecule has 3 aliphatic heterocycles. The predicted octanol–water partition coefficient (Wildman–Crippen LogP) is 3.46. The summed E-state index contributed by atoms with van der Waals surface area (Å²) >= 11 is 0. The van der Waals surface area contributed by atoms with Gasteiger partial charge in [-0.15, -0.1) is 0 Å². The Hall–Kier alpha value is -2.53. The molecule has 1 fully saturated rings. The second-order valence-electron chi connectivity index (χ2n) is 7.66. The quantitative estimate of drug-likeness (QED) is 0.834. The molecule has 0 atom stereocenters. The molecule has 0 amide bonds. The molecule has 5 heteroatoms. The minimum atomic E-state index is -0.374. The lowest BCUT2D eigenvalue weighted by atomic mass is 9.82. The number of likely N-dealkylation sites (tertiary alicyclic amines) is 1. The summed E-state index contributed by atoms with van der Waals surface area (Å²) in [4.78, 5) is 15.2. The van der Waals surface area contributed by atoms with Gasteiger partial charge in [0.25, 0.3) is 0 Å². The van der Waals surface area contributed by atoms with Gasteiger partial charge in [0.1, 0.15) is 11.4 Å². The topological polar surface area (TPSA) is 48.0 Å². The minimum absolute atomic E-state index is 0.146. The van der Waals surface area contributed by atoms with Crippen LogP contribution in [0.25, 0.3) is 0 Å². The molecule has 2 aromatic carbocycles. The lowest BCUT2D eigenvalue weighted by Crippen LogP contribution is -2.51. The highest BCUT2D eigenvalue weighted by atomic mass is 16.7.